The van der Waals surface area contributed by atoms with E-state index >= 15 is 0 Å². The van der Waals surface area contributed by atoms with Crippen LogP contribution >= 0.6 is 0 Å². The molecule has 4 N–H and O–H groups in total. The smallest absolute Gasteiger partial charge is 0.244 e. The number of carbonyl (C=O) groups is 1. The highest BCUT2D eigenvalue weighted by Crippen LogP contribution is 2.28. The summed E-state index contributed by atoms with van der Waals surface area (Å²) in [6.07, 6.45) is 6.82. The summed E-state index contributed by atoms with van der Waals surface area (Å²) >= 11 is 0. The molecule has 0 bridgehead atoms. The van der Waals surface area contributed by atoms with E-state index in [0.717, 1.165) is 25.7 Å². The van der Waals surface area contributed by atoms with Gasteiger partial charge in [0.15, 0.2) is 0 Å². The topological polar surface area (TPSA) is 83.8 Å². The molecule has 2 rings (SSSR count). The van der Waals surface area contributed by atoms with Gasteiger partial charge in [-0.25, -0.2) is 0 Å². The molecule has 5 nitrogen and oxygen atoms in total. The van der Waals surface area contributed by atoms with E-state index in [-0.39, 0.29) is 5.91 Å². The van der Waals surface area contributed by atoms with Crippen LogP contribution in [0.4, 0.5) is 5.69 Å². The summed E-state index contributed by atoms with van der Waals surface area (Å²) in [5.74, 6) is -0.101. The number of rotatable bonds is 2. The van der Waals surface area contributed by atoms with Gasteiger partial charge in [-0.15, -0.1) is 0 Å². The minimum absolute atomic E-state index is 0.101. The molecule has 1 heterocycles. The molecule has 1 aliphatic carbocycles. The summed E-state index contributed by atoms with van der Waals surface area (Å²) in [6.45, 7) is 0. The van der Waals surface area contributed by atoms with Crippen molar-refractivity contribution in [2.45, 2.75) is 31.2 Å². The number of hydrogen-bond acceptors (Lipinski definition) is 3. The third kappa shape index (κ3) is 1.63. The highest BCUT2D eigenvalue weighted by molar-refractivity contribution is 5.97. The highest BCUT2D eigenvalue weighted by Gasteiger charge is 2.36. The van der Waals surface area contributed by atoms with E-state index < -0.39 is 5.54 Å². The SMILES string of the molecule is NC1(C(=O)Nc2cn[nH]c2)CCCC1. The molecule has 0 aliphatic heterocycles. The predicted octanol–water partition coefficient (Wildman–Crippen LogP) is 0.620. The van der Waals surface area contributed by atoms with Crippen molar-refractivity contribution < 1.29 is 4.79 Å². The molecule has 1 aliphatic rings. The van der Waals surface area contributed by atoms with Crippen LogP contribution in [-0.4, -0.2) is 21.6 Å². The highest BCUT2D eigenvalue weighted by atomic mass is 16.2. The number of aromatic amines is 1. The first-order valence-electron chi connectivity index (χ1n) is 4.80. The lowest BCUT2D eigenvalue weighted by molar-refractivity contribution is -0.121. The van der Waals surface area contributed by atoms with E-state index in [9.17, 15) is 4.79 Å². The average molecular weight is 194 g/mol. The molecule has 1 fully saturated rings. The Kier molecular flexibility index (Phi) is 2.25. The number of hydrogen-bond donors (Lipinski definition) is 3. The lowest BCUT2D eigenvalue weighted by Crippen LogP contribution is -2.48. The van der Waals surface area contributed by atoms with Crippen LogP contribution in [0.25, 0.3) is 0 Å². The Hall–Kier alpha value is -1.36. The number of H-pyrrole nitrogens is 1. The number of nitrogens with two attached hydrogens (primary N) is 1. The first-order valence-corrected chi connectivity index (χ1v) is 4.80. The molecule has 0 atom stereocenters. The maximum atomic E-state index is 11.8. The van der Waals surface area contributed by atoms with Gasteiger partial charge < -0.3 is 11.1 Å². The minimum atomic E-state index is -0.669. The number of anilines is 1. The van der Waals surface area contributed by atoms with Gasteiger partial charge in [0.2, 0.25) is 5.91 Å². The molecule has 14 heavy (non-hydrogen) atoms. The molecule has 0 saturated heterocycles. The van der Waals surface area contributed by atoms with Gasteiger partial charge in [-0.2, -0.15) is 5.10 Å². The Balaban J connectivity index is 2.02. The van der Waals surface area contributed by atoms with Gasteiger partial charge in [-0.05, 0) is 12.8 Å². The van der Waals surface area contributed by atoms with Gasteiger partial charge >= 0.3 is 0 Å². The predicted molar refractivity (Wildman–Crippen MR) is 52.6 cm³/mol. The normalized spacial score (nSPS) is 19.5. The van der Waals surface area contributed by atoms with Gasteiger partial charge in [0.1, 0.15) is 0 Å². The Morgan fingerprint density at radius 1 is 1.57 bits per heavy atom. The Bertz CT molecular complexity index is 314. The lowest BCUT2D eigenvalue weighted by atomic mass is 9.98. The van der Waals surface area contributed by atoms with Crippen molar-refractivity contribution in [3.05, 3.63) is 12.4 Å². The number of amides is 1. The van der Waals surface area contributed by atoms with E-state index in [4.69, 9.17) is 5.73 Å². The number of carbonyl (C=O) groups excluding carboxylic acids is 1. The fourth-order valence-electron chi connectivity index (χ4n) is 1.81. The Morgan fingerprint density at radius 2 is 2.29 bits per heavy atom. The van der Waals surface area contributed by atoms with Crippen molar-refractivity contribution in [2.75, 3.05) is 5.32 Å². The number of nitrogens with one attached hydrogen (secondary N) is 2. The van der Waals surface area contributed by atoms with Crippen molar-refractivity contribution in [3.8, 4) is 0 Å². The third-order valence-electron chi connectivity index (χ3n) is 2.70. The second-order valence-corrected chi connectivity index (χ2v) is 3.80. The monoisotopic (exact) mass is 194 g/mol. The molecule has 0 unspecified atom stereocenters. The second kappa shape index (κ2) is 3.42. The molecule has 1 aromatic heterocycles. The molecular weight excluding hydrogens is 180 g/mol. The molecule has 0 aromatic carbocycles. The van der Waals surface area contributed by atoms with E-state index in [1.165, 1.54) is 0 Å². The van der Waals surface area contributed by atoms with Crippen LogP contribution < -0.4 is 11.1 Å². The van der Waals surface area contributed by atoms with Gasteiger partial charge in [-0.1, -0.05) is 12.8 Å². The van der Waals surface area contributed by atoms with E-state index in [1.54, 1.807) is 12.4 Å². The van der Waals surface area contributed by atoms with Gasteiger partial charge in [0.25, 0.3) is 0 Å². The summed E-state index contributed by atoms with van der Waals surface area (Å²) in [4.78, 5) is 11.8. The summed E-state index contributed by atoms with van der Waals surface area (Å²) < 4.78 is 0. The Labute approximate surface area is 82.1 Å². The standard InChI is InChI=1S/C9H14N4O/c10-9(3-1-2-4-9)8(14)13-7-5-11-12-6-7/h5-6H,1-4,10H2,(H,11,12)(H,13,14). The molecule has 1 aromatic rings. The second-order valence-electron chi connectivity index (χ2n) is 3.80. The van der Waals surface area contributed by atoms with Crippen molar-refractivity contribution in [2.24, 2.45) is 5.73 Å². The zero-order valence-corrected chi connectivity index (χ0v) is 7.92. The zero-order chi connectivity index (χ0) is 10.0. The number of aromatic nitrogens is 2. The van der Waals surface area contributed by atoms with Crippen LogP contribution in [0.3, 0.4) is 0 Å². The van der Waals surface area contributed by atoms with Crippen LogP contribution in [0.15, 0.2) is 12.4 Å². The maximum absolute atomic E-state index is 11.8. The maximum Gasteiger partial charge on any atom is 0.244 e. The van der Waals surface area contributed by atoms with Crippen molar-refractivity contribution in [1.82, 2.24) is 10.2 Å². The van der Waals surface area contributed by atoms with Crippen LogP contribution in [0.5, 0.6) is 0 Å². The molecule has 76 valence electrons. The van der Waals surface area contributed by atoms with Gasteiger partial charge in [-0.3, -0.25) is 9.89 Å². The van der Waals surface area contributed by atoms with Crippen molar-refractivity contribution >= 4 is 11.6 Å². The third-order valence-corrected chi connectivity index (χ3v) is 2.70. The molecule has 1 saturated carbocycles. The largest absolute Gasteiger partial charge is 0.322 e. The fourth-order valence-corrected chi connectivity index (χ4v) is 1.81. The first-order chi connectivity index (χ1) is 6.71. The zero-order valence-electron chi connectivity index (χ0n) is 7.92. The summed E-state index contributed by atoms with van der Waals surface area (Å²) in [5.41, 5.74) is 5.98. The van der Waals surface area contributed by atoms with E-state index in [0.29, 0.717) is 5.69 Å². The molecule has 0 radical (unpaired) electrons. The van der Waals surface area contributed by atoms with Crippen LogP contribution in [-0.2, 0) is 4.79 Å². The van der Waals surface area contributed by atoms with Crippen molar-refractivity contribution in [1.29, 1.82) is 0 Å². The van der Waals surface area contributed by atoms with Crippen LogP contribution in [0, 0.1) is 0 Å². The van der Waals surface area contributed by atoms with Gasteiger partial charge in [0, 0.05) is 6.20 Å². The summed E-state index contributed by atoms with van der Waals surface area (Å²) in [7, 11) is 0. The van der Waals surface area contributed by atoms with Crippen molar-refractivity contribution in [3.63, 3.8) is 0 Å². The fraction of sp³-hybridized carbons (Fsp3) is 0.556. The molecule has 5 heteroatoms. The molecular formula is C9H14N4O. The van der Waals surface area contributed by atoms with Gasteiger partial charge in [0.05, 0.1) is 17.4 Å². The van der Waals surface area contributed by atoms with E-state index in [1.807, 2.05) is 0 Å². The summed E-state index contributed by atoms with van der Waals surface area (Å²) in [5, 5.41) is 9.12. The average Bonchev–Trinajstić information content (AvgIpc) is 2.76. The minimum Gasteiger partial charge on any atom is -0.322 e. The Morgan fingerprint density at radius 3 is 2.86 bits per heavy atom. The first kappa shape index (κ1) is 9.21. The molecule has 0 spiro atoms. The quantitative estimate of drug-likeness (QED) is 0.645. The summed E-state index contributed by atoms with van der Waals surface area (Å²) in [6, 6.07) is 0. The lowest BCUT2D eigenvalue weighted by Gasteiger charge is -2.21. The van der Waals surface area contributed by atoms with E-state index in [2.05, 4.69) is 15.5 Å². The molecule has 1 amide bonds. The van der Waals surface area contributed by atoms with Crippen LogP contribution in [0.1, 0.15) is 25.7 Å². The number of nitrogens with zero attached hydrogens (tertiary/aromatic N) is 1. The van der Waals surface area contributed by atoms with Crippen LogP contribution in [0.2, 0.25) is 0 Å².